The van der Waals surface area contributed by atoms with Gasteiger partial charge in [-0.1, -0.05) is 35.3 Å². The molecule has 0 N–H and O–H groups in total. The Morgan fingerprint density at radius 2 is 1.91 bits per heavy atom. The van der Waals surface area contributed by atoms with Crippen molar-refractivity contribution in [2.24, 2.45) is 0 Å². The maximum Gasteiger partial charge on any atom is 0.420 e. The minimum absolute atomic E-state index is 0.0791. The number of benzene rings is 2. The monoisotopic (exact) mass is 351 g/mol. The predicted molar refractivity (Wildman–Crippen MR) is 86.7 cm³/mol. The molecule has 0 amide bonds. The third-order valence-corrected chi connectivity index (χ3v) is 3.68. The minimum atomic E-state index is -0.637. The molecular weight excluding hydrogens is 341 g/mol. The van der Waals surface area contributed by atoms with Gasteiger partial charge in [-0.05, 0) is 29.8 Å². The molecule has 0 aliphatic carbocycles. The van der Waals surface area contributed by atoms with E-state index in [0.717, 1.165) is 5.56 Å². The molecule has 0 atom stereocenters. The summed E-state index contributed by atoms with van der Waals surface area (Å²) in [6.07, 6.45) is 0. The first-order chi connectivity index (χ1) is 11.0. The van der Waals surface area contributed by atoms with Crippen LogP contribution < -0.4 is 5.76 Å². The number of nitrogens with zero attached hydrogens (tertiary/aromatic N) is 1. The second-order valence-electron chi connectivity index (χ2n) is 4.86. The smallest absolute Gasteiger partial charge is 0.420 e. The molecule has 0 fully saturated rings. The van der Waals surface area contributed by atoms with Crippen LogP contribution in [0.3, 0.4) is 0 Å². The number of halogens is 2. The van der Waals surface area contributed by atoms with Crippen LogP contribution in [0.1, 0.15) is 5.56 Å². The fourth-order valence-corrected chi connectivity index (χ4v) is 2.53. The molecule has 23 heavy (non-hydrogen) atoms. The molecule has 3 rings (SSSR count). The molecule has 0 saturated carbocycles. The normalized spacial score (nSPS) is 10.9. The Bertz CT molecular complexity index is 929. The summed E-state index contributed by atoms with van der Waals surface area (Å²) in [4.78, 5) is 23.8. The molecule has 7 heteroatoms. The first-order valence-corrected chi connectivity index (χ1v) is 7.47. The summed E-state index contributed by atoms with van der Waals surface area (Å²) in [5.74, 6) is -1.19. The number of aromatic nitrogens is 1. The van der Waals surface area contributed by atoms with Crippen LogP contribution in [0.25, 0.3) is 11.1 Å². The van der Waals surface area contributed by atoms with Crippen LogP contribution in [-0.4, -0.2) is 10.5 Å². The predicted octanol–water partition coefficient (Wildman–Crippen LogP) is 3.64. The highest BCUT2D eigenvalue weighted by atomic mass is 35.5. The summed E-state index contributed by atoms with van der Waals surface area (Å²) in [6.45, 7) is -0.163. The van der Waals surface area contributed by atoms with E-state index in [2.05, 4.69) is 0 Å². The Morgan fingerprint density at radius 1 is 1.13 bits per heavy atom. The van der Waals surface area contributed by atoms with Gasteiger partial charge in [0.1, 0.15) is 13.2 Å². The lowest BCUT2D eigenvalue weighted by molar-refractivity contribution is -0.145. The highest BCUT2D eigenvalue weighted by Gasteiger charge is 2.14. The lowest BCUT2D eigenvalue weighted by Gasteiger charge is -2.06. The molecule has 5 nitrogen and oxygen atoms in total. The van der Waals surface area contributed by atoms with Gasteiger partial charge in [0.15, 0.2) is 5.58 Å². The van der Waals surface area contributed by atoms with Gasteiger partial charge in [0.25, 0.3) is 0 Å². The highest BCUT2D eigenvalue weighted by Crippen LogP contribution is 2.18. The van der Waals surface area contributed by atoms with Gasteiger partial charge in [0.2, 0.25) is 0 Å². The number of carbonyl (C=O) groups is 1. The molecule has 3 aromatic rings. The van der Waals surface area contributed by atoms with Crippen LogP contribution in [0.5, 0.6) is 0 Å². The second kappa shape index (κ2) is 6.48. The second-order valence-corrected chi connectivity index (χ2v) is 5.73. The molecule has 1 heterocycles. The number of ether oxygens (including phenoxy) is 1. The molecule has 0 unspecified atom stereocenters. The Morgan fingerprint density at radius 3 is 2.70 bits per heavy atom. The Hall–Kier alpha value is -2.24. The van der Waals surface area contributed by atoms with Gasteiger partial charge < -0.3 is 9.15 Å². The summed E-state index contributed by atoms with van der Waals surface area (Å²) in [5.41, 5.74) is 1.58. The van der Waals surface area contributed by atoms with Crippen molar-refractivity contribution in [1.29, 1.82) is 0 Å². The summed E-state index contributed by atoms with van der Waals surface area (Å²) in [6, 6.07) is 11.8. The van der Waals surface area contributed by atoms with Gasteiger partial charge in [0.05, 0.1) is 5.52 Å². The number of carbonyl (C=O) groups excluding carboxylic acids is 1. The zero-order valence-electron chi connectivity index (χ0n) is 11.8. The van der Waals surface area contributed by atoms with Crippen molar-refractivity contribution in [3.8, 4) is 0 Å². The molecule has 0 bridgehead atoms. The molecule has 0 spiro atoms. The van der Waals surface area contributed by atoms with Crippen LogP contribution in [0, 0.1) is 0 Å². The number of rotatable bonds is 4. The van der Waals surface area contributed by atoms with Crippen LogP contribution in [0.2, 0.25) is 10.0 Å². The van der Waals surface area contributed by atoms with Crippen molar-refractivity contribution >= 4 is 40.3 Å². The van der Waals surface area contributed by atoms with E-state index >= 15 is 0 Å². The summed E-state index contributed by atoms with van der Waals surface area (Å²) >= 11 is 11.7. The zero-order chi connectivity index (χ0) is 16.4. The minimum Gasteiger partial charge on any atom is -0.459 e. The van der Waals surface area contributed by atoms with Gasteiger partial charge in [-0.3, -0.25) is 9.36 Å². The lowest BCUT2D eigenvalue weighted by Crippen LogP contribution is -2.21. The van der Waals surface area contributed by atoms with Gasteiger partial charge in [-0.25, -0.2) is 4.79 Å². The number of oxazole rings is 1. The molecule has 1 aromatic heterocycles. The summed E-state index contributed by atoms with van der Waals surface area (Å²) < 4.78 is 11.4. The van der Waals surface area contributed by atoms with Gasteiger partial charge in [-0.15, -0.1) is 0 Å². The van der Waals surface area contributed by atoms with Crippen molar-refractivity contribution < 1.29 is 13.9 Å². The SMILES string of the molecule is O=C(Cn1c(=O)oc2cc(Cl)ccc21)OCc1cccc(Cl)c1. The number of hydrogen-bond acceptors (Lipinski definition) is 4. The van der Waals surface area contributed by atoms with E-state index < -0.39 is 11.7 Å². The largest absolute Gasteiger partial charge is 0.459 e. The van der Waals surface area contributed by atoms with Crippen molar-refractivity contribution in [3.63, 3.8) is 0 Å². The number of fused-ring (bicyclic) bond motifs is 1. The van der Waals surface area contributed by atoms with Crippen molar-refractivity contribution in [2.75, 3.05) is 0 Å². The molecular formula is C16H11Cl2NO4. The Kier molecular flexibility index (Phi) is 4.41. The van der Waals surface area contributed by atoms with E-state index in [1.807, 2.05) is 0 Å². The summed E-state index contributed by atoms with van der Waals surface area (Å²) in [5, 5.41) is 1.01. The van der Waals surface area contributed by atoms with Crippen LogP contribution in [-0.2, 0) is 22.7 Å². The third-order valence-electron chi connectivity index (χ3n) is 3.21. The maximum atomic E-state index is 11.9. The van der Waals surface area contributed by atoms with E-state index in [-0.39, 0.29) is 13.2 Å². The fourth-order valence-electron chi connectivity index (χ4n) is 2.16. The number of hydrogen-bond donors (Lipinski definition) is 0. The zero-order valence-corrected chi connectivity index (χ0v) is 13.3. The quantitative estimate of drug-likeness (QED) is 0.673. The first kappa shape index (κ1) is 15.6. The molecule has 0 aliphatic heterocycles. The van der Waals surface area contributed by atoms with Gasteiger partial charge >= 0.3 is 11.7 Å². The first-order valence-electron chi connectivity index (χ1n) is 6.72. The topological polar surface area (TPSA) is 61.4 Å². The van der Waals surface area contributed by atoms with Crippen molar-refractivity contribution in [1.82, 2.24) is 4.57 Å². The molecule has 2 aromatic carbocycles. The molecule has 118 valence electrons. The van der Waals surface area contributed by atoms with E-state index in [4.69, 9.17) is 32.4 Å². The maximum absolute atomic E-state index is 11.9. The van der Waals surface area contributed by atoms with Crippen molar-refractivity contribution in [2.45, 2.75) is 13.2 Å². The average Bonchev–Trinajstić information content (AvgIpc) is 2.80. The van der Waals surface area contributed by atoms with E-state index in [1.54, 1.807) is 36.4 Å². The number of esters is 1. The highest BCUT2D eigenvalue weighted by molar-refractivity contribution is 6.31. The van der Waals surface area contributed by atoms with Crippen LogP contribution in [0.15, 0.2) is 51.7 Å². The average molecular weight is 352 g/mol. The Balaban J connectivity index is 1.73. The molecule has 0 aliphatic rings. The van der Waals surface area contributed by atoms with Gasteiger partial charge in [0, 0.05) is 16.1 Å². The van der Waals surface area contributed by atoms with Crippen molar-refractivity contribution in [3.05, 3.63) is 68.6 Å². The summed E-state index contributed by atoms with van der Waals surface area (Å²) in [7, 11) is 0. The third kappa shape index (κ3) is 3.57. The van der Waals surface area contributed by atoms with Gasteiger partial charge in [-0.2, -0.15) is 0 Å². The van der Waals surface area contributed by atoms with E-state index in [1.165, 1.54) is 10.6 Å². The fraction of sp³-hybridized carbons (Fsp3) is 0.125. The van der Waals surface area contributed by atoms with Crippen LogP contribution >= 0.6 is 23.2 Å². The Labute approximate surface area is 141 Å². The standard InChI is InChI=1S/C16H11Cl2NO4/c17-11-3-1-2-10(6-11)9-22-15(20)8-19-13-5-4-12(18)7-14(13)23-16(19)21/h1-7H,8-9H2. The molecule has 0 radical (unpaired) electrons. The van der Waals surface area contributed by atoms with E-state index in [9.17, 15) is 9.59 Å². The lowest BCUT2D eigenvalue weighted by atomic mass is 10.2. The van der Waals surface area contributed by atoms with E-state index in [0.29, 0.717) is 21.1 Å². The molecule has 0 saturated heterocycles. The van der Waals surface area contributed by atoms with Crippen LogP contribution in [0.4, 0.5) is 0 Å².